The number of carboxylic acids is 1. The Hall–Kier alpha value is -0.620. The van der Waals surface area contributed by atoms with Crippen LogP contribution in [0.4, 0.5) is 0 Å². The molecule has 0 spiro atoms. The first-order chi connectivity index (χ1) is 6.79. The zero-order valence-corrected chi connectivity index (χ0v) is 9.83. The first-order valence-corrected chi connectivity index (χ1v) is 7.00. The average Bonchev–Trinajstić information content (AvgIpc) is 1.98. The molecule has 0 amide bonds. The maximum Gasteiger partial charge on any atom is 0.320 e. The van der Waals surface area contributed by atoms with E-state index in [1.165, 1.54) is 0 Å². The first kappa shape index (κ1) is 12.4. The molecule has 5 nitrogen and oxygen atoms in total. The average molecular weight is 235 g/mol. The van der Waals surface area contributed by atoms with Crippen LogP contribution in [0, 0.1) is 5.92 Å². The minimum atomic E-state index is -3.07. The number of carboxylic acid groups (broad SMARTS) is 1. The predicted octanol–water partition coefficient (Wildman–Crippen LogP) is -0.174. The Kier molecular flexibility index (Phi) is 3.72. The molecule has 1 atom stereocenters. The second-order valence-electron chi connectivity index (χ2n) is 4.33. The highest BCUT2D eigenvalue weighted by atomic mass is 32.2. The normalized spacial score (nSPS) is 20.9. The fourth-order valence-electron chi connectivity index (χ4n) is 1.79. The van der Waals surface area contributed by atoms with E-state index in [0.29, 0.717) is 5.92 Å². The van der Waals surface area contributed by atoms with Crippen LogP contribution < -0.4 is 0 Å². The van der Waals surface area contributed by atoms with Crippen LogP contribution >= 0.6 is 0 Å². The zero-order chi connectivity index (χ0) is 11.6. The van der Waals surface area contributed by atoms with Gasteiger partial charge in [-0.15, -0.1) is 0 Å². The third-order valence-electron chi connectivity index (χ3n) is 2.58. The summed E-state index contributed by atoms with van der Waals surface area (Å²) in [6.07, 6.45) is 1.31. The lowest BCUT2D eigenvalue weighted by atomic mass is 9.99. The summed E-state index contributed by atoms with van der Waals surface area (Å²) >= 11 is 0. The number of carbonyl (C=O) groups is 1. The van der Waals surface area contributed by atoms with Gasteiger partial charge < -0.3 is 5.11 Å². The minimum Gasteiger partial charge on any atom is -0.480 e. The van der Waals surface area contributed by atoms with Crippen molar-refractivity contribution in [3.8, 4) is 0 Å². The molecule has 1 unspecified atom stereocenters. The summed E-state index contributed by atoms with van der Waals surface area (Å²) in [7, 11) is -3.07. The minimum absolute atomic E-state index is 0.0607. The van der Waals surface area contributed by atoms with Crippen LogP contribution in [-0.2, 0) is 14.6 Å². The molecule has 0 aromatic rings. The monoisotopic (exact) mass is 235 g/mol. The van der Waals surface area contributed by atoms with Crippen molar-refractivity contribution in [3.63, 3.8) is 0 Å². The summed E-state index contributed by atoms with van der Waals surface area (Å²) in [5.74, 6) is -0.467. The third kappa shape index (κ3) is 3.79. The molecular weight excluding hydrogens is 218 g/mol. The molecule has 1 saturated heterocycles. The molecule has 1 fully saturated rings. The highest BCUT2D eigenvalue weighted by Crippen LogP contribution is 2.20. The fourth-order valence-corrected chi connectivity index (χ4v) is 2.44. The second kappa shape index (κ2) is 4.49. The molecule has 0 bridgehead atoms. The molecule has 1 aliphatic rings. The Labute approximate surface area is 90.0 Å². The number of nitrogens with zero attached hydrogens (tertiary/aromatic N) is 1. The predicted molar refractivity (Wildman–Crippen MR) is 56.5 cm³/mol. The molecule has 15 heavy (non-hydrogen) atoms. The Balaban J connectivity index is 2.49. The van der Waals surface area contributed by atoms with E-state index in [1.807, 2.05) is 11.8 Å². The van der Waals surface area contributed by atoms with Gasteiger partial charge in [-0.25, -0.2) is 8.42 Å². The van der Waals surface area contributed by atoms with Gasteiger partial charge in [-0.05, 0) is 12.3 Å². The van der Waals surface area contributed by atoms with E-state index in [-0.39, 0.29) is 12.2 Å². The van der Waals surface area contributed by atoms with Gasteiger partial charge in [0.2, 0.25) is 0 Å². The van der Waals surface area contributed by atoms with Crippen molar-refractivity contribution in [2.75, 3.05) is 25.1 Å². The van der Waals surface area contributed by atoms with Crippen LogP contribution in [0.2, 0.25) is 0 Å². The molecule has 1 aliphatic heterocycles. The number of hydrogen-bond acceptors (Lipinski definition) is 4. The van der Waals surface area contributed by atoms with Crippen molar-refractivity contribution >= 4 is 15.8 Å². The maximum absolute atomic E-state index is 10.9. The second-order valence-corrected chi connectivity index (χ2v) is 6.59. The van der Waals surface area contributed by atoms with Crippen molar-refractivity contribution in [1.29, 1.82) is 0 Å². The number of rotatable bonds is 5. The number of likely N-dealkylation sites (tertiary alicyclic amines) is 1. The van der Waals surface area contributed by atoms with Crippen molar-refractivity contribution < 1.29 is 18.3 Å². The van der Waals surface area contributed by atoms with Gasteiger partial charge in [-0.3, -0.25) is 9.69 Å². The maximum atomic E-state index is 10.9. The van der Waals surface area contributed by atoms with Crippen molar-refractivity contribution in [3.05, 3.63) is 0 Å². The van der Waals surface area contributed by atoms with E-state index in [9.17, 15) is 13.2 Å². The number of aliphatic carboxylic acids is 1. The third-order valence-corrected chi connectivity index (χ3v) is 3.56. The molecular formula is C9H17NO4S. The molecule has 1 rings (SSSR count). The van der Waals surface area contributed by atoms with Gasteiger partial charge in [0.25, 0.3) is 0 Å². The van der Waals surface area contributed by atoms with E-state index >= 15 is 0 Å². The van der Waals surface area contributed by atoms with Gasteiger partial charge in [0.15, 0.2) is 0 Å². The van der Waals surface area contributed by atoms with E-state index in [0.717, 1.165) is 19.3 Å². The van der Waals surface area contributed by atoms with E-state index in [2.05, 4.69) is 0 Å². The van der Waals surface area contributed by atoms with Crippen molar-refractivity contribution in [1.82, 2.24) is 4.90 Å². The molecule has 0 radical (unpaired) electrons. The molecule has 6 heteroatoms. The Morgan fingerprint density at radius 2 is 2.07 bits per heavy atom. The van der Waals surface area contributed by atoms with Crippen LogP contribution in [0.15, 0.2) is 0 Å². The summed E-state index contributed by atoms with van der Waals surface area (Å²) in [6, 6.07) is -0.643. The van der Waals surface area contributed by atoms with Crippen LogP contribution in [0.3, 0.4) is 0 Å². The van der Waals surface area contributed by atoms with Gasteiger partial charge in [-0.1, -0.05) is 6.92 Å². The summed E-state index contributed by atoms with van der Waals surface area (Å²) < 4.78 is 21.9. The summed E-state index contributed by atoms with van der Waals surface area (Å²) in [5.41, 5.74) is 0. The molecule has 0 saturated carbocycles. The quantitative estimate of drug-likeness (QED) is 0.716. The zero-order valence-electron chi connectivity index (χ0n) is 9.01. The number of hydrogen-bond donors (Lipinski definition) is 1. The molecule has 1 heterocycles. The van der Waals surface area contributed by atoms with Gasteiger partial charge >= 0.3 is 5.97 Å². The van der Waals surface area contributed by atoms with Gasteiger partial charge in [0.1, 0.15) is 15.9 Å². The molecule has 1 N–H and O–H groups in total. The smallest absolute Gasteiger partial charge is 0.320 e. The molecule has 0 aliphatic carbocycles. The van der Waals surface area contributed by atoms with E-state index in [1.54, 1.807) is 0 Å². The van der Waals surface area contributed by atoms with Gasteiger partial charge in [0, 0.05) is 19.3 Å². The van der Waals surface area contributed by atoms with Crippen LogP contribution in [0.25, 0.3) is 0 Å². The van der Waals surface area contributed by atoms with Crippen molar-refractivity contribution in [2.24, 2.45) is 5.92 Å². The van der Waals surface area contributed by atoms with E-state index in [4.69, 9.17) is 5.11 Å². The largest absolute Gasteiger partial charge is 0.480 e. The van der Waals surface area contributed by atoms with Crippen LogP contribution in [0.5, 0.6) is 0 Å². The Bertz CT molecular complexity index is 332. The lowest BCUT2D eigenvalue weighted by Gasteiger charge is -2.41. The Morgan fingerprint density at radius 3 is 2.40 bits per heavy atom. The summed E-state index contributed by atoms with van der Waals surface area (Å²) in [4.78, 5) is 12.7. The highest BCUT2D eigenvalue weighted by molar-refractivity contribution is 7.90. The number of sulfone groups is 1. The lowest BCUT2D eigenvalue weighted by molar-refractivity contribution is -0.146. The van der Waals surface area contributed by atoms with Crippen LogP contribution in [0.1, 0.15) is 13.3 Å². The standard InChI is InChI=1S/C9H17NO4S/c1-7-5-10(6-7)8(9(11)12)3-4-15(2,13)14/h7-8H,3-6H2,1-2H3,(H,11,12). The topological polar surface area (TPSA) is 74.7 Å². The van der Waals surface area contributed by atoms with E-state index < -0.39 is 21.8 Å². The van der Waals surface area contributed by atoms with Gasteiger partial charge in [-0.2, -0.15) is 0 Å². The van der Waals surface area contributed by atoms with Crippen LogP contribution in [-0.4, -0.2) is 55.5 Å². The molecule has 0 aromatic heterocycles. The SMILES string of the molecule is CC1CN(C(CCS(C)(=O)=O)C(=O)O)C1. The van der Waals surface area contributed by atoms with Gasteiger partial charge in [0.05, 0.1) is 5.75 Å². The first-order valence-electron chi connectivity index (χ1n) is 4.94. The highest BCUT2D eigenvalue weighted by Gasteiger charge is 2.33. The molecule has 88 valence electrons. The summed E-state index contributed by atoms with van der Waals surface area (Å²) in [6.45, 7) is 3.55. The lowest BCUT2D eigenvalue weighted by Crippen LogP contribution is -2.54. The summed E-state index contributed by atoms with van der Waals surface area (Å²) in [5, 5.41) is 8.96. The van der Waals surface area contributed by atoms with Crippen molar-refractivity contribution in [2.45, 2.75) is 19.4 Å². The fraction of sp³-hybridized carbons (Fsp3) is 0.889. The Morgan fingerprint density at radius 1 is 1.53 bits per heavy atom. The molecule has 0 aromatic carbocycles.